The molecular weight excluding hydrogens is 338 g/mol. The van der Waals surface area contributed by atoms with Gasteiger partial charge in [-0.25, -0.2) is 9.97 Å². The Morgan fingerprint density at radius 1 is 0.913 bits per heavy atom. The zero-order chi connectivity index (χ0) is 15.8. The molecule has 0 aromatic carbocycles. The highest BCUT2D eigenvalue weighted by Gasteiger charge is 2.13. The summed E-state index contributed by atoms with van der Waals surface area (Å²) in [7, 11) is 0. The maximum Gasteiger partial charge on any atom is 0.140 e. The van der Waals surface area contributed by atoms with E-state index in [0.717, 1.165) is 16.3 Å². The number of rotatable bonds is 3. The van der Waals surface area contributed by atoms with E-state index < -0.39 is 0 Å². The van der Waals surface area contributed by atoms with Crippen LogP contribution in [-0.4, -0.2) is 19.9 Å². The predicted octanol–water partition coefficient (Wildman–Crippen LogP) is 5.13. The predicted molar refractivity (Wildman–Crippen MR) is 88.6 cm³/mol. The van der Waals surface area contributed by atoms with Crippen LogP contribution in [0.5, 0.6) is 0 Å². The van der Waals surface area contributed by atoms with Gasteiger partial charge in [0.25, 0.3) is 0 Å². The van der Waals surface area contributed by atoms with Gasteiger partial charge in [0, 0.05) is 28.7 Å². The topological polar surface area (TPSA) is 54.5 Å². The largest absolute Gasteiger partial charge is 0.339 e. The molecule has 0 aliphatic heterocycles. The molecule has 0 aliphatic carbocycles. The van der Waals surface area contributed by atoms with Gasteiger partial charge in [-0.15, -0.1) is 0 Å². The molecule has 4 rings (SSSR count). The van der Waals surface area contributed by atoms with Crippen LogP contribution in [0.4, 0.5) is 7.77 Å². The first-order chi connectivity index (χ1) is 11.3. The number of aromatic nitrogens is 4. The normalized spacial score (nSPS) is 11.4. The molecule has 0 amide bonds. The van der Waals surface area contributed by atoms with Gasteiger partial charge in [0.1, 0.15) is 40.0 Å². The van der Waals surface area contributed by atoms with Crippen LogP contribution in [0.25, 0.3) is 33.2 Å². The molecule has 0 spiro atoms. The van der Waals surface area contributed by atoms with Gasteiger partial charge in [-0.1, -0.05) is 0 Å². The van der Waals surface area contributed by atoms with Crippen molar-refractivity contribution in [1.29, 1.82) is 0 Å². The van der Waals surface area contributed by atoms with Crippen molar-refractivity contribution in [2.75, 3.05) is 0 Å². The summed E-state index contributed by atoms with van der Waals surface area (Å²) in [5.74, 6) is 0. The average Bonchev–Trinajstić information content (AvgIpc) is 2.98. The molecule has 23 heavy (non-hydrogen) atoms. The fourth-order valence-electron chi connectivity index (χ4n) is 2.49. The van der Waals surface area contributed by atoms with E-state index in [9.17, 15) is 7.77 Å². The van der Waals surface area contributed by atoms with Gasteiger partial charge in [-0.3, -0.25) is 4.98 Å². The second-order valence-corrected chi connectivity index (χ2v) is 5.91. The quantitative estimate of drug-likeness (QED) is 0.557. The standard InChI is InChI=1S/C15H8F2N4S2/c16-22-13-4-2-9(15(21-13)23-17)11-3-1-8-10-7-18-6-5-12(10)20-14(8)19-11/h1-7H,(H,19,20). The number of pyridine rings is 3. The summed E-state index contributed by atoms with van der Waals surface area (Å²) >= 11 is -0.0380. The summed E-state index contributed by atoms with van der Waals surface area (Å²) in [4.78, 5) is 15.8. The summed E-state index contributed by atoms with van der Waals surface area (Å²) in [6, 6.07) is 8.69. The first kappa shape index (κ1) is 14.4. The maximum atomic E-state index is 13.1. The summed E-state index contributed by atoms with van der Waals surface area (Å²) in [5.41, 5.74) is 2.71. The Bertz CT molecular complexity index is 1020. The van der Waals surface area contributed by atoms with Gasteiger partial charge in [0.2, 0.25) is 0 Å². The number of fused-ring (bicyclic) bond motifs is 3. The molecule has 0 saturated heterocycles. The molecule has 4 heterocycles. The van der Waals surface area contributed by atoms with E-state index in [0.29, 0.717) is 16.9 Å². The average molecular weight is 346 g/mol. The molecule has 0 fully saturated rings. The first-order valence-corrected chi connectivity index (χ1v) is 8.04. The van der Waals surface area contributed by atoms with Crippen LogP contribution < -0.4 is 0 Å². The number of hydrogen-bond acceptors (Lipinski definition) is 5. The number of nitrogens with one attached hydrogen (secondary N) is 1. The van der Waals surface area contributed by atoms with Crippen LogP contribution in [0.15, 0.2) is 52.8 Å². The third-order valence-electron chi connectivity index (χ3n) is 3.52. The number of aromatic amines is 1. The van der Waals surface area contributed by atoms with Gasteiger partial charge < -0.3 is 4.98 Å². The fraction of sp³-hybridized carbons (Fsp3) is 0. The fourth-order valence-corrected chi connectivity index (χ4v) is 3.18. The Kier molecular flexibility index (Phi) is 3.62. The van der Waals surface area contributed by atoms with Gasteiger partial charge in [-0.05, 0) is 30.3 Å². The Labute approximate surface area is 138 Å². The van der Waals surface area contributed by atoms with Crippen LogP contribution in [0.1, 0.15) is 0 Å². The number of nitrogens with zero attached hydrogens (tertiary/aromatic N) is 3. The molecule has 0 aliphatic rings. The second-order valence-electron chi connectivity index (χ2n) is 4.80. The zero-order valence-corrected chi connectivity index (χ0v) is 13.1. The molecule has 4 aromatic heterocycles. The molecule has 0 radical (unpaired) electrons. The molecule has 4 aromatic rings. The van der Waals surface area contributed by atoms with E-state index in [1.54, 1.807) is 24.5 Å². The van der Waals surface area contributed by atoms with Gasteiger partial charge >= 0.3 is 0 Å². The molecule has 0 unspecified atom stereocenters. The zero-order valence-electron chi connectivity index (χ0n) is 11.5. The van der Waals surface area contributed by atoms with E-state index >= 15 is 0 Å². The molecule has 8 heteroatoms. The third kappa shape index (κ3) is 2.43. The lowest BCUT2D eigenvalue weighted by Crippen LogP contribution is -1.90. The Hall–Kier alpha value is -2.19. The molecular formula is C15H8F2N4S2. The second kappa shape index (κ2) is 5.78. The Balaban J connectivity index is 1.91. The number of hydrogen-bond donors (Lipinski definition) is 1. The van der Waals surface area contributed by atoms with Gasteiger partial charge in [-0.2, -0.15) is 7.77 Å². The molecule has 114 valence electrons. The lowest BCUT2D eigenvalue weighted by molar-refractivity contribution is 0.884. The Morgan fingerprint density at radius 3 is 2.65 bits per heavy atom. The molecule has 1 N–H and O–H groups in total. The molecule has 0 bridgehead atoms. The number of H-pyrrole nitrogens is 1. The van der Waals surface area contributed by atoms with Crippen LogP contribution in [0.2, 0.25) is 0 Å². The minimum atomic E-state index is -0.0211. The molecule has 4 nitrogen and oxygen atoms in total. The monoisotopic (exact) mass is 346 g/mol. The van der Waals surface area contributed by atoms with Crippen LogP contribution >= 0.6 is 24.3 Å². The Morgan fingerprint density at radius 2 is 1.83 bits per heavy atom. The SMILES string of the molecule is FSc1ccc(-c2ccc3c(n2)[nH]c2ccncc23)c(SF)n1. The van der Waals surface area contributed by atoms with E-state index in [1.807, 2.05) is 12.1 Å². The van der Waals surface area contributed by atoms with Crippen molar-refractivity contribution in [1.82, 2.24) is 19.9 Å². The van der Waals surface area contributed by atoms with Crippen molar-refractivity contribution < 1.29 is 7.77 Å². The van der Waals surface area contributed by atoms with Crippen molar-refractivity contribution in [3.05, 3.63) is 42.7 Å². The van der Waals surface area contributed by atoms with Crippen molar-refractivity contribution in [3.63, 3.8) is 0 Å². The summed E-state index contributed by atoms with van der Waals surface area (Å²) < 4.78 is 25.7. The highest BCUT2D eigenvalue weighted by molar-refractivity contribution is 7.95. The van der Waals surface area contributed by atoms with Gasteiger partial charge in [0.05, 0.1) is 11.2 Å². The van der Waals surface area contributed by atoms with E-state index in [2.05, 4.69) is 19.9 Å². The van der Waals surface area contributed by atoms with Crippen molar-refractivity contribution in [3.8, 4) is 11.3 Å². The smallest absolute Gasteiger partial charge is 0.140 e. The van der Waals surface area contributed by atoms with Crippen molar-refractivity contribution >= 4 is 46.2 Å². The minimum absolute atomic E-state index is 0.0169. The van der Waals surface area contributed by atoms with Gasteiger partial charge in [0.15, 0.2) is 0 Å². The highest BCUT2D eigenvalue weighted by atomic mass is 32.2. The minimum Gasteiger partial charge on any atom is -0.339 e. The molecule has 0 atom stereocenters. The van der Waals surface area contributed by atoms with Crippen LogP contribution in [-0.2, 0) is 0 Å². The summed E-state index contributed by atoms with van der Waals surface area (Å²) in [6.45, 7) is 0. The van der Waals surface area contributed by atoms with E-state index in [-0.39, 0.29) is 34.3 Å². The summed E-state index contributed by atoms with van der Waals surface area (Å²) in [5, 5.41) is 2.13. The lowest BCUT2D eigenvalue weighted by atomic mass is 10.1. The van der Waals surface area contributed by atoms with Crippen molar-refractivity contribution in [2.24, 2.45) is 0 Å². The molecule has 0 saturated carbocycles. The van der Waals surface area contributed by atoms with E-state index in [4.69, 9.17) is 0 Å². The third-order valence-corrected chi connectivity index (χ3v) is 4.37. The van der Waals surface area contributed by atoms with Crippen molar-refractivity contribution in [2.45, 2.75) is 10.1 Å². The number of halogens is 2. The van der Waals surface area contributed by atoms with Crippen LogP contribution in [0, 0.1) is 0 Å². The van der Waals surface area contributed by atoms with E-state index in [1.165, 1.54) is 6.07 Å². The maximum absolute atomic E-state index is 13.1. The highest BCUT2D eigenvalue weighted by Crippen LogP contribution is 2.33. The lowest BCUT2D eigenvalue weighted by Gasteiger charge is -2.05. The summed E-state index contributed by atoms with van der Waals surface area (Å²) in [6.07, 6.45) is 3.47. The first-order valence-electron chi connectivity index (χ1n) is 6.61. The van der Waals surface area contributed by atoms with Crippen LogP contribution in [0.3, 0.4) is 0 Å².